The lowest BCUT2D eigenvalue weighted by Gasteiger charge is -2.05. The number of nitrogens with zero attached hydrogens (tertiary/aromatic N) is 2. The molecular weight excluding hydrogens is 248 g/mol. The van der Waals surface area contributed by atoms with Gasteiger partial charge in [-0.15, -0.1) is 11.3 Å². The van der Waals surface area contributed by atoms with Crippen molar-refractivity contribution < 1.29 is 9.90 Å². The summed E-state index contributed by atoms with van der Waals surface area (Å²) in [7, 11) is 0. The Morgan fingerprint density at radius 1 is 1.33 bits per heavy atom. The van der Waals surface area contributed by atoms with E-state index in [2.05, 4.69) is 9.97 Å². The van der Waals surface area contributed by atoms with E-state index in [1.807, 2.05) is 19.2 Å². The van der Waals surface area contributed by atoms with Crippen molar-refractivity contribution in [1.82, 2.24) is 9.97 Å². The fourth-order valence-corrected chi connectivity index (χ4v) is 2.35. The van der Waals surface area contributed by atoms with Crippen molar-refractivity contribution in [3.8, 4) is 11.4 Å². The topological polar surface area (TPSA) is 63.1 Å². The molecule has 0 saturated carbocycles. The fraction of sp³-hybridized carbons (Fsp3) is 0.308. The van der Waals surface area contributed by atoms with Crippen LogP contribution in [0.4, 0.5) is 0 Å². The number of aryl methyl sites for hydroxylation is 2. The summed E-state index contributed by atoms with van der Waals surface area (Å²) < 4.78 is 0. The number of thiazole rings is 1. The molecule has 0 radical (unpaired) electrons. The number of aromatic carboxylic acids is 1. The lowest BCUT2D eigenvalue weighted by molar-refractivity contribution is 0.0695. The molecule has 18 heavy (non-hydrogen) atoms. The van der Waals surface area contributed by atoms with Gasteiger partial charge >= 0.3 is 5.97 Å². The van der Waals surface area contributed by atoms with E-state index < -0.39 is 5.97 Å². The Labute approximate surface area is 109 Å². The summed E-state index contributed by atoms with van der Waals surface area (Å²) in [4.78, 5) is 19.9. The normalized spacial score (nSPS) is 10.6. The van der Waals surface area contributed by atoms with E-state index in [0.717, 1.165) is 22.8 Å². The van der Waals surface area contributed by atoms with Crippen LogP contribution in [-0.2, 0) is 6.42 Å². The van der Waals surface area contributed by atoms with Gasteiger partial charge in [0.15, 0.2) is 0 Å². The third-order valence-electron chi connectivity index (χ3n) is 2.57. The average Bonchev–Trinajstić information content (AvgIpc) is 2.76. The molecule has 0 aromatic carbocycles. The molecule has 0 unspecified atom stereocenters. The van der Waals surface area contributed by atoms with Gasteiger partial charge in [0.25, 0.3) is 0 Å². The van der Waals surface area contributed by atoms with E-state index in [9.17, 15) is 4.79 Å². The van der Waals surface area contributed by atoms with Gasteiger partial charge < -0.3 is 5.11 Å². The van der Waals surface area contributed by atoms with E-state index in [-0.39, 0.29) is 5.56 Å². The lowest BCUT2D eigenvalue weighted by atomic mass is 10.1. The molecule has 0 saturated heterocycles. The third kappa shape index (κ3) is 2.56. The zero-order chi connectivity index (χ0) is 13.1. The first-order valence-electron chi connectivity index (χ1n) is 5.77. The fourth-order valence-electron chi connectivity index (χ4n) is 1.75. The van der Waals surface area contributed by atoms with E-state index in [0.29, 0.717) is 12.1 Å². The molecule has 0 fully saturated rings. The minimum atomic E-state index is -0.924. The van der Waals surface area contributed by atoms with E-state index in [1.165, 1.54) is 0 Å². The Morgan fingerprint density at radius 3 is 2.67 bits per heavy atom. The standard InChI is InChI=1S/C13H14N2O2S/c1-3-4-10-9(13(16)17)5-6-11(15-10)12-7-18-8(2)14-12/h5-7H,3-4H2,1-2H3,(H,16,17). The predicted octanol–water partition coefficient (Wildman–Crippen LogP) is 3.16. The predicted molar refractivity (Wildman–Crippen MR) is 71.0 cm³/mol. The molecule has 0 bridgehead atoms. The second kappa shape index (κ2) is 5.27. The van der Waals surface area contributed by atoms with Crippen molar-refractivity contribution in [2.75, 3.05) is 0 Å². The van der Waals surface area contributed by atoms with Crippen LogP contribution in [0.15, 0.2) is 17.5 Å². The maximum atomic E-state index is 11.1. The zero-order valence-corrected chi connectivity index (χ0v) is 11.1. The highest BCUT2D eigenvalue weighted by molar-refractivity contribution is 7.09. The van der Waals surface area contributed by atoms with Crippen LogP contribution in [0.5, 0.6) is 0 Å². The molecule has 4 nitrogen and oxygen atoms in total. The molecule has 2 aromatic heterocycles. The second-order valence-electron chi connectivity index (χ2n) is 4.00. The first-order chi connectivity index (χ1) is 8.61. The van der Waals surface area contributed by atoms with E-state index >= 15 is 0 Å². The Bertz CT molecular complexity index is 578. The van der Waals surface area contributed by atoms with Gasteiger partial charge in [0.1, 0.15) is 0 Å². The van der Waals surface area contributed by atoms with Crippen molar-refractivity contribution in [2.45, 2.75) is 26.7 Å². The summed E-state index contributed by atoms with van der Waals surface area (Å²) in [6.07, 6.45) is 1.53. The minimum Gasteiger partial charge on any atom is -0.478 e. The van der Waals surface area contributed by atoms with Crippen LogP contribution in [-0.4, -0.2) is 21.0 Å². The Morgan fingerprint density at radius 2 is 2.11 bits per heavy atom. The highest BCUT2D eigenvalue weighted by Crippen LogP contribution is 2.21. The Kier molecular flexibility index (Phi) is 3.72. The minimum absolute atomic E-state index is 0.285. The quantitative estimate of drug-likeness (QED) is 0.919. The van der Waals surface area contributed by atoms with Crippen LogP contribution < -0.4 is 0 Å². The van der Waals surface area contributed by atoms with Crippen molar-refractivity contribution in [3.63, 3.8) is 0 Å². The van der Waals surface area contributed by atoms with Crippen LogP contribution in [0.25, 0.3) is 11.4 Å². The lowest BCUT2D eigenvalue weighted by Crippen LogP contribution is -2.05. The smallest absolute Gasteiger partial charge is 0.337 e. The molecule has 1 N–H and O–H groups in total. The van der Waals surface area contributed by atoms with Gasteiger partial charge in [0.2, 0.25) is 0 Å². The second-order valence-corrected chi connectivity index (χ2v) is 5.06. The van der Waals surface area contributed by atoms with Gasteiger partial charge in [-0.1, -0.05) is 13.3 Å². The zero-order valence-electron chi connectivity index (χ0n) is 10.3. The molecule has 0 aliphatic rings. The van der Waals surface area contributed by atoms with Crippen LogP contribution in [0.3, 0.4) is 0 Å². The molecule has 0 aliphatic carbocycles. The molecule has 2 aromatic rings. The van der Waals surface area contributed by atoms with Crippen LogP contribution in [0, 0.1) is 6.92 Å². The maximum Gasteiger partial charge on any atom is 0.337 e. The van der Waals surface area contributed by atoms with Gasteiger partial charge in [0.05, 0.1) is 27.7 Å². The average molecular weight is 262 g/mol. The first kappa shape index (κ1) is 12.7. The molecule has 94 valence electrons. The number of hydrogen-bond donors (Lipinski definition) is 1. The molecule has 0 amide bonds. The molecule has 0 atom stereocenters. The largest absolute Gasteiger partial charge is 0.478 e. The molecular formula is C13H14N2O2S. The van der Waals surface area contributed by atoms with Gasteiger partial charge in [-0.3, -0.25) is 4.98 Å². The monoisotopic (exact) mass is 262 g/mol. The summed E-state index contributed by atoms with van der Waals surface area (Å²) in [6.45, 7) is 3.94. The highest BCUT2D eigenvalue weighted by Gasteiger charge is 2.13. The number of carbonyl (C=O) groups is 1. The number of rotatable bonds is 4. The molecule has 2 rings (SSSR count). The summed E-state index contributed by atoms with van der Waals surface area (Å²) in [5, 5.41) is 12.0. The molecule has 0 spiro atoms. The van der Waals surface area contributed by atoms with E-state index in [1.54, 1.807) is 23.5 Å². The number of hydrogen-bond acceptors (Lipinski definition) is 4. The van der Waals surface area contributed by atoms with Crippen molar-refractivity contribution in [1.29, 1.82) is 0 Å². The molecule has 0 aliphatic heterocycles. The number of carboxylic acids is 1. The summed E-state index contributed by atoms with van der Waals surface area (Å²) >= 11 is 1.56. The van der Waals surface area contributed by atoms with Gasteiger partial charge in [-0.2, -0.15) is 0 Å². The van der Waals surface area contributed by atoms with Crippen molar-refractivity contribution in [3.05, 3.63) is 33.8 Å². The third-order valence-corrected chi connectivity index (χ3v) is 3.35. The van der Waals surface area contributed by atoms with Gasteiger partial charge in [-0.25, -0.2) is 9.78 Å². The van der Waals surface area contributed by atoms with Crippen LogP contribution in [0.1, 0.15) is 34.4 Å². The van der Waals surface area contributed by atoms with Crippen molar-refractivity contribution in [2.24, 2.45) is 0 Å². The van der Waals surface area contributed by atoms with Crippen LogP contribution >= 0.6 is 11.3 Å². The number of aromatic nitrogens is 2. The number of carboxylic acid groups (broad SMARTS) is 1. The van der Waals surface area contributed by atoms with Gasteiger partial charge in [0, 0.05) is 5.38 Å². The summed E-state index contributed by atoms with van der Waals surface area (Å²) in [5.74, 6) is -0.924. The highest BCUT2D eigenvalue weighted by atomic mass is 32.1. The Hall–Kier alpha value is -1.75. The molecule has 2 heterocycles. The van der Waals surface area contributed by atoms with E-state index in [4.69, 9.17) is 5.11 Å². The van der Waals surface area contributed by atoms with Gasteiger partial charge in [-0.05, 0) is 25.5 Å². The van der Waals surface area contributed by atoms with Crippen LogP contribution in [0.2, 0.25) is 0 Å². The number of pyridine rings is 1. The Balaban J connectivity index is 2.45. The van der Waals surface area contributed by atoms with Crippen molar-refractivity contribution >= 4 is 17.3 Å². The summed E-state index contributed by atoms with van der Waals surface area (Å²) in [6, 6.07) is 3.33. The SMILES string of the molecule is CCCc1nc(-c2csc(C)n2)ccc1C(=O)O. The maximum absolute atomic E-state index is 11.1. The first-order valence-corrected chi connectivity index (χ1v) is 6.65. The molecule has 5 heteroatoms. The summed E-state index contributed by atoms with van der Waals surface area (Å²) in [5.41, 5.74) is 2.47.